The predicted molar refractivity (Wildman–Crippen MR) is 79.1 cm³/mol. The largest absolute Gasteiger partial charge is 0.489 e. The third-order valence-electron chi connectivity index (χ3n) is 3.37. The monoisotopic (exact) mass is 273 g/mol. The zero-order chi connectivity index (χ0) is 13.1. The SMILES string of the molecule is Clc1cccc(OC2CCc3ccccc3NC2)c1. The Bertz CT molecular complexity index is 543. The van der Waals surface area contributed by atoms with Gasteiger partial charge in [-0.15, -0.1) is 0 Å². The van der Waals surface area contributed by atoms with Crippen LogP contribution in [0.15, 0.2) is 48.5 Å². The number of ether oxygens (including phenoxy) is 1. The fraction of sp³-hybridized carbons (Fsp3) is 0.250. The van der Waals surface area contributed by atoms with Crippen LogP contribution in [0.2, 0.25) is 5.02 Å². The van der Waals surface area contributed by atoms with E-state index in [9.17, 15) is 0 Å². The van der Waals surface area contributed by atoms with E-state index in [4.69, 9.17) is 16.3 Å². The predicted octanol–water partition coefficient (Wildman–Crippen LogP) is 4.15. The molecule has 1 N–H and O–H groups in total. The van der Waals surface area contributed by atoms with Crippen molar-refractivity contribution in [2.45, 2.75) is 18.9 Å². The van der Waals surface area contributed by atoms with Gasteiger partial charge in [0.25, 0.3) is 0 Å². The maximum atomic E-state index is 6.00. The van der Waals surface area contributed by atoms with Crippen LogP contribution >= 0.6 is 11.6 Å². The molecule has 0 bridgehead atoms. The first-order valence-electron chi connectivity index (χ1n) is 6.55. The van der Waals surface area contributed by atoms with Crippen LogP contribution in [-0.2, 0) is 6.42 Å². The molecule has 98 valence electrons. The number of halogens is 1. The lowest BCUT2D eigenvalue weighted by atomic mass is 10.1. The molecule has 0 amide bonds. The molecule has 19 heavy (non-hydrogen) atoms. The number of hydrogen-bond donors (Lipinski definition) is 1. The third-order valence-corrected chi connectivity index (χ3v) is 3.61. The highest BCUT2D eigenvalue weighted by Gasteiger charge is 2.16. The summed E-state index contributed by atoms with van der Waals surface area (Å²) < 4.78 is 6.00. The fourth-order valence-electron chi connectivity index (χ4n) is 2.39. The zero-order valence-electron chi connectivity index (χ0n) is 10.6. The van der Waals surface area contributed by atoms with Crippen LogP contribution in [0.4, 0.5) is 5.69 Å². The first-order valence-corrected chi connectivity index (χ1v) is 6.93. The van der Waals surface area contributed by atoms with Crippen LogP contribution in [-0.4, -0.2) is 12.6 Å². The third kappa shape index (κ3) is 3.02. The highest BCUT2D eigenvalue weighted by Crippen LogP contribution is 2.24. The van der Waals surface area contributed by atoms with Crippen LogP contribution in [0.25, 0.3) is 0 Å². The number of benzene rings is 2. The molecule has 1 unspecified atom stereocenters. The van der Waals surface area contributed by atoms with Crippen molar-refractivity contribution in [1.82, 2.24) is 0 Å². The van der Waals surface area contributed by atoms with Crippen molar-refractivity contribution in [3.05, 3.63) is 59.1 Å². The number of anilines is 1. The summed E-state index contributed by atoms with van der Waals surface area (Å²) >= 11 is 5.97. The standard InChI is InChI=1S/C16H16ClNO/c17-13-5-3-6-14(10-13)19-15-9-8-12-4-1-2-7-16(12)18-11-15/h1-7,10,15,18H,8-9,11H2. The van der Waals surface area contributed by atoms with Crippen molar-refractivity contribution >= 4 is 17.3 Å². The van der Waals surface area contributed by atoms with Crippen LogP contribution < -0.4 is 10.1 Å². The Morgan fingerprint density at radius 1 is 1.11 bits per heavy atom. The van der Waals surface area contributed by atoms with Gasteiger partial charge in [-0.2, -0.15) is 0 Å². The molecule has 2 aromatic carbocycles. The minimum absolute atomic E-state index is 0.172. The number of fused-ring (bicyclic) bond motifs is 1. The molecule has 1 aliphatic heterocycles. The van der Waals surface area contributed by atoms with Crippen molar-refractivity contribution in [3.63, 3.8) is 0 Å². The van der Waals surface area contributed by atoms with Gasteiger partial charge in [0.2, 0.25) is 0 Å². The van der Waals surface area contributed by atoms with E-state index in [0.717, 1.165) is 25.1 Å². The van der Waals surface area contributed by atoms with Gasteiger partial charge in [0.15, 0.2) is 0 Å². The van der Waals surface area contributed by atoms with Gasteiger partial charge < -0.3 is 10.1 Å². The summed E-state index contributed by atoms with van der Waals surface area (Å²) in [7, 11) is 0. The maximum Gasteiger partial charge on any atom is 0.121 e. The topological polar surface area (TPSA) is 21.3 Å². The van der Waals surface area contributed by atoms with E-state index in [1.54, 1.807) is 0 Å². The minimum Gasteiger partial charge on any atom is -0.489 e. The molecule has 3 rings (SSSR count). The molecule has 0 aromatic heterocycles. The van der Waals surface area contributed by atoms with Gasteiger partial charge in [-0.1, -0.05) is 35.9 Å². The van der Waals surface area contributed by atoms with Crippen molar-refractivity contribution in [3.8, 4) is 5.75 Å². The average Bonchev–Trinajstić information content (AvgIpc) is 2.62. The molecule has 3 heteroatoms. The molecular formula is C16H16ClNO. The summed E-state index contributed by atoms with van der Waals surface area (Å²) in [5.41, 5.74) is 2.58. The molecule has 0 saturated carbocycles. The summed E-state index contributed by atoms with van der Waals surface area (Å²) in [6.45, 7) is 0.823. The molecule has 0 saturated heterocycles. The quantitative estimate of drug-likeness (QED) is 0.888. The van der Waals surface area contributed by atoms with Crippen molar-refractivity contribution in [2.24, 2.45) is 0 Å². The van der Waals surface area contributed by atoms with E-state index in [-0.39, 0.29) is 6.10 Å². The first kappa shape index (κ1) is 12.4. The van der Waals surface area contributed by atoms with E-state index in [1.165, 1.54) is 11.3 Å². The van der Waals surface area contributed by atoms with Gasteiger partial charge in [0, 0.05) is 10.7 Å². The van der Waals surface area contributed by atoms with Crippen molar-refractivity contribution < 1.29 is 4.74 Å². The van der Waals surface area contributed by atoms with Gasteiger partial charge in [0.05, 0.1) is 6.54 Å². The lowest BCUT2D eigenvalue weighted by Crippen LogP contribution is -2.24. The number of hydrogen-bond acceptors (Lipinski definition) is 2. The Balaban J connectivity index is 1.69. The molecule has 0 radical (unpaired) electrons. The fourth-order valence-corrected chi connectivity index (χ4v) is 2.57. The molecule has 1 atom stereocenters. The molecule has 1 heterocycles. The van der Waals surface area contributed by atoms with E-state index in [2.05, 4.69) is 29.6 Å². The summed E-state index contributed by atoms with van der Waals surface area (Å²) in [5, 5.41) is 4.16. The van der Waals surface area contributed by atoms with Crippen LogP contribution in [0, 0.1) is 0 Å². The van der Waals surface area contributed by atoms with Gasteiger partial charge in [-0.05, 0) is 42.7 Å². The van der Waals surface area contributed by atoms with E-state index in [1.807, 2.05) is 24.3 Å². The number of nitrogens with one attached hydrogen (secondary N) is 1. The Morgan fingerprint density at radius 3 is 2.89 bits per heavy atom. The Morgan fingerprint density at radius 2 is 2.00 bits per heavy atom. The summed E-state index contributed by atoms with van der Waals surface area (Å²) in [4.78, 5) is 0. The Hall–Kier alpha value is -1.67. The highest BCUT2D eigenvalue weighted by atomic mass is 35.5. The zero-order valence-corrected chi connectivity index (χ0v) is 11.4. The number of aryl methyl sites for hydroxylation is 1. The molecule has 1 aliphatic rings. The van der Waals surface area contributed by atoms with Gasteiger partial charge in [-0.3, -0.25) is 0 Å². The summed E-state index contributed by atoms with van der Waals surface area (Å²) in [6.07, 6.45) is 2.22. The second-order valence-corrected chi connectivity index (χ2v) is 5.21. The lowest BCUT2D eigenvalue weighted by molar-refractivity contribution is 0.206. The second-order valence-electron chi connectivity index (χ2n) is 4.77. The highest BCUT2D eigenvalue weighted by molar-refractivity contribution is 6.30. The second kappa shape index (κ2) is 5.54. The Labute approximate surface area is 118 Å². The average molecular weight is 274 g/mol. The van der Waals surface area contributed by atoms with Gasteiger partial charge >= 0.3 is 0 Å². The van der Waals surface area contributed by atoms with Gasteiger partial charge in [-0.25, -0.2) is 0 Å². The molecule has 2 aromatic rings. The summed E-state index contributed by atoms with van der Waals surface area (Å²) in [5.74, 6) is 0.838. The van der Waals surface area contributed by atoms with Gasteiger partial charge in [0.1, 0.15) is 11.9 Å². The summed E-state index contributed by atoms with van der Waals surface area (Å²) in [6, 6.07) is 16.0. The molecular weight excluding hydrogens is 258 g/mol. The minimum atomic E-state index is 0.172. The Kier molecular flexibility index (Phi) is 3.60. The number of rotatable bonds is 2. The van der Waals surface area contributed by atoms with Crippen LogP contribution in [0.5, 0.6) is 5.75 Å². The smallest absolute Gasteiger partial charge is 0.121 e. The molecule has 0 fully saturated rings. The molecule has 2 nitrogen and oxygen atoms in total. The van der Waals surface area contributed by atoms with Crippen LogP contribution in [0.3, 0.4) is 0 Å². The molecule has 0 spiro atoms. The van der Waals surface area contributed by atoms with E-state index >= 15 is 0 Å². The van der Waals surface area contributed by atoms with E-state index < -0.39 is 0 Å². The lowest BCUT2D eigenvalue weighted by Gasteiger charge is -2.17. The van der Waals surface area contributed by atoms with E-state index in [0.29, 0.717) is 5.02 Å². The van der Waals surface area contributed by atoms with Crippen LogP contribution in [0.1, 0.15) is 12.0 Å². The normalized spacial score (nSPS) is 18.1. The van der Waals surface area contributed by atoms with Crippen molar-refractivity contribution in [1.29, 1.82) is 0 Å². The first-order chi connectivity index (χ1) is 9.31. The molecule has 0 aliphatic carbocycles. The maximum absolute atomic E-state index is 6.00. The number of para-hydroxylation sites is 1. The van der Waals surface area contributed by atoms with Crippen molar-refractivity contribution in [2.75, 3.05) is 11.9 Å².